The van der Waals surface area contributed by atoms with E-state index in [2.05, 4.69) is 53.6 Å². The topological polar surface area (TPSA) is 43.1 Å². The van der Waals surface area contributed by atoms with Crippen LogP contribution < -0.4 is 0 Å². The summed E-state index contributed by atoms with van der Waals surface area (Å²) in [6, 6.07) is 30.8. The Bertz CT molecular complexity index is 1260. The van der Waals surface area contributed by atoms with Gasteiger partial charge in [-0.3, -0.25) is 0 Å². The lowest BCUT2D eigenvalue weighted by Crippen LogP contribution is -2.02. The third kappa shape index (κ3) is 4.09. The number of aromatic nitrogens is 3. The van der Waals surface area contributed by atoms with Gasteiger partial charge in [0.05, 0.1) is 22.0 Å². The van der Waals surface area contributed by atoms with E-state index in [1.807, 2.05) is 60.3 Å². The van der Waals surface area contributed by atoms with Crippen molar-refractivity contribution < 1.29 is 0 Å². The fraction of sp³-hybridized carbons (Fsp3) is 0.0385. The summed E-state index contributed by atoms with van der Waals surface area (Å²) < 4.78 is 1.85. The van der Waals surface area contributed by atoms with Crippen molar-refractivity contribution in [3.63, 3.8) is 0 Å². The highest BCUT2D eigenvalue weighted by Gasteiger charge is 2.13. The molecule has 5 rings (SSSR count). The summed E-state index contributed by atoms with van der Waals surface area (Å²) in [5.41, 5.74) is 6.22. The van der Waals surface area contributed by atoms with E-state index in [1.165, 1.54) is 0 Å². The van der Waals surface area contributed by atoms with Gasteiger partial charge in [-0.15, -0.1) is 0 Å². The summed E-state index contributed by atoms with van der Waals surface area (Å²) in [6.45, 7) is 2.04. The molecule has 0 saturated heterocycles. The molecule has 0 unspecified atom stereocenters. The first-order chi connectivity index (χ1) is 15.3. The number of aliphatic imine (C=N–C) groups is 1. The monoisotopic (exact) mass is 420 g/mol. The fourth-order valence-electron chi connectivity index (χ4n) is 3.47. The minimum atomic E-state index is 0.756. The average molecular weight is 421 g/mol. The molecular weight excluding hydrogens is 400 g/mol. The normalized spacial score (nSPS) is 10.7. The van der Waals surface area contributed by atoms with E-state index in [0.29, 0.717) is 0 Å². The summed E-state index contributed by atoms with van der Waals surface area (Å²) >= 11 is 1.61. The Labute approximate surface area is 185 Å². The first kappa shape index (κ1) is 19.2. The predicted molar refractivity (Wildman–Crippen MR) is 128 cm³/mol. The van der Waals surface area contributed by atoms with E-state index in [9.17, 15) is 0 Å². The number of aryl methyl sites for hydroxylation is 1. The van der Waals surface area contributed by atoms with Crippen LogP contribution in [0.25, 0.3) is 16.1 Å². The first-order valence-corrected chi connectivity index (χ1v) is 10.9. The second-order valence-electron chi connectivity index (χ2n) is 7.10. The van der Waals surface area contributed by atoms with Crippen LogP contribution >= 0.6 is 11.3 Å². The molecule has 2 aromatic heterocycles. The summed E-state index contributed by atoms with van der Waals surface area (Å²) in [7, 11) is 0. The van der Waals surface area contributed by atoms with E-state index in [-0.39, 0.29) is 0 Å². The molecule has 31 heavy (non-hydrogen) atoms. The molecule has 0 radical (unpaired) electrons. The number of hydrogen-bond donors (Lipinski definition) is 0. The SMILES string of the molecule is Cc1nc(N=C(c2ccccc2)c2ccccc2)sc1-c1ccc(-n2cccn2)cc1. The molecular formula is C26H20N4S. The summed E-state index contributed by atoms with van der Waals surface area (Å²) in [4.78, 5) is 10.9. The van der Waals surface area contributed by atoms with Crippen LogP contribution in [0.1, 0.15) is 16.8 Å². The molecule has 0 amide bonds. The lowest BCUT2D eigenvalue weighted by atomic mass is 10.0. The van der Waals surface area contributed by atoms with Crippen molar-refractivity contribution in [2.75, 3.05) is 0 Å². The van der Waals surface area contributed by atoms with Gasteiger partial charge in [-0.2, -0.15) is 5.10 Å². The zero-order chi connectivity index (χ0) is 21.0. The molecule has 0 atom stereocenters. The molecule has 2 heterocycles. The Morgan fingerprint density at radius 1 is 0.806 bits per heavy atom. The molecule has 4 nitrogen and oxygen atoms in total. The first-order valence-electron chi connectivity index (χ1n) is 10.1. The van der Waals surface area contributed by atoms with Crippen LogP contribution in [-0.2, 0) is 0 Å². The smallest absolute Gasteiger partial charge is 0.210 e. The fourth-order valence-corrected chi connectivity index (χ4v) is 4.42. The van der Waals surface area contributed by atoms with Crippen LogP contribution in [0.15, 0.2) is 108 Å². The van der Waals surface area contributed by atoms with Gasteiger partial charge in [0.1, 0.15) is 0 Å². The van der Waals surface area contributed by atoms with Gasteiger partial charge in [0.15, 0.2) is 0 Å². The maximum absolute atomic E-state index is 4.97. The number of thiazole rings is 1. The summed E-state index contributed by atoms with van der Waals surface area (Å²) in [6.07, 6.45) is 3.72. The maximum atomic E-state index is 4.97. The molecule has 5 aromatic rings. The quantitative estimate of drug-likeness (QED) is 0.306. The van der Waals surface area contributed by atoms with Crippen LogP contribution in [-0.4, -0.2) is 20.5 Å². The van der Waals surface area contributed by atoms with E-state index < -0.39 is 0 Å². The molecule has 0 aliphatic rings. The number of nitrogens with zero attached hydrogens (tertiary/aromatic N) is 4. The highest BCUT2D eigenvalue weighted by atomic mass is 32.1. The van der Waals surface area contributed by atoms with E-state index >= 15 is 0 Å². The third-order valence-electron chi connectivity index (χ3n) is 4.99. The largest absolute Gasteiger partial charge is 0.241 e. The number of hydrogen-bond acceptors (Lipinski definition) is 4. The van der Waals surface area contributed by atoms with Crippen LogP contribution in [0, 0.1) is 6.92 Å². The molecule has 0 aliphatic carbocycles. The highest BCUT2D eigenvalue weighted by molar-refractivity contribution is 7.18. The molecule has 5 heteroatoms. The minimum absolute atomic E-state index is 0.756. The summed E-state index contributed by atoms with van der Waals surface area (Å²) in [5, 5.41) is 5.05. The van der Waals surface area contributed by atoms with E-state index in [1.54, 1.807) is 17.5 Å². The molecule has 0 bridgehead atoms. The van der Waals surface area contributed by atoms with Crippen LogP contribution in [0.4, 0.5) is 5.13 Å². The van der Waals surface area contributed by atoms with Gasteiger partial charge in [-0.25, -0.2) is 14.7 Å². The average Bonchev–Trinajstić information content (AvgIpc) is 3.49. The van der Waals surface area contributed by atoms with Gasteiger partial charge >= 0.3 is 0 Å². The van der Waals surface area contributed by atoms with Crippen LogP contribution in [0.3, 0.4) is 0 Å². The standard InChI is InChI=1S/C26H20N4S/c1-19-25(22-13-15-23(16-14-22)30-18-8-17-27-30)31-26(28-19)29-24(20-9-4-2-5-10-20)21-11-6-3-7-12-21/h2-18H,1H3. The Hall–Kier alpha value is -3.83. The minimum Gasteiger partial charge on any atom is -0.241 e. The third-order valence-corrected chi connectivity index (χ3v) is 6.09. The van der Waals surface area contributed by atoms with Crippen molar-refractivity contribution in [2.45, 2.75) is 6.92 Å². The van der Waals surface area contributed by atoms with Crippen molar-refractivity contribution >= 4 is 22.2 Å². The van der Waals surface area contributed by atoms with Crippen molar-refractivity contribution in [2.24, 2.45) is 4.99 Å². The van der Waals surface area contributed by atoms with Gasteiger partial charge in [-0.05, 0) is 30.7 Å². The number of rotatable bonds is 5. The van der Waals surface area contributed by atoms with Crippen molar-refractivity contribution in [1.29, 1.82) is 0 Å². The Kier molecular flexibility index (Phi) is 5.25. The van der Waals surface area contributed by atoms with E-state index in [4.69, 9.17) is 9.98 Å². The second kappa shape index (κ2) is 8.50. The molecule has 0 saturated carbocycles. The Balaban J connectivity index is 1.52. The van der Waals surface area contributed by atoms with Crippen LogP contribution in [0.2, 0.25) is 0 Å². The Morgan fingerprint density at radius 3 is 2.03 bits per heavy atom. The van der Waals surface area contributed by atoms with Crippen molar-refractivity contribution in [1.82, 2.24) is 14.8 Å². The highest BCUT2D eigenvalue weighted by Crippen LogP contribution is 2.35. The lowest BCUT2D eigenvalue weighted by molar-refractivity contribution is 0.881. The van der Waals surface area contributed by atoms with Gasteiger partial charge < -0.3 is 0 Å². The zero-order valence-corrected chi connectivity index (χ0v) is 17.8. The molecule has 3 aromatic carbocycles. The second-order valence-corrected chi connectivity index (χ2v) is 8.08. The molecule has 150 valence electrons. The van der Waals surface area contributed by atoms with E-state index in [0.717, 1.165) is 43.8 Å². The number of benzene rings is 3. The van der Waals surface area contributed by atoms with Crippen molar-refractivity contribution in [3.05, 3.63) is 120 Å². The maximum Gasteiger partial charge on any atom is 0.210 e. The van der Waals surface area contributed by atoms with Crippen molar-refractivity contribution in [3.8, 4) is 16.1 Å². The van der Waals surface area contributed by atoms with Gasteiger partial charge in [0.2, 0.25) is 5.13 Å². The molecule has 0 fully saturated rings. The van der Waals surface area contributed by atoms with Gasteiger partial charge in [0, 0.05) is 23.5 Å². The molecule has 0 N–H and O–H groups in total. The summed E-state index contributed by atoms with van der Waals surface area (Å²) in [5.74, 6) is 0. The lowest BCUT2D eigenvalue weighted by Gasteiger charge is -2.06. The molecule has 0 aliphatic heterocycles. The molecule has 0 spiro atoms. The van der Waals surface area contributed by atoms with Gasteiger partial charge in [-0.1, -0.05) is 84.1 Å². The predicted octanol–water partition coefficient (Wildman–Crippen LogP) is 6.47. The Morgan fingerprint density at radius 2 is 1.45 bits per heavy atom. The zero-order valence-electron chi connectivity index (χ0n) is 17.0. The van der Waals surface area contributed by atoms with Crippen LogP contribution in [0.5, 0.6) is 0 Å². The van der Waals surface area contributed by atoms with Gasteiger partial charge in [0.25, 0.3) is 0 Å².